The minimum absolute atomic E-state index is 0.147. The fourth-order valence-electron chi connectivity index (χ4n) is 3.89. The number of hydrogen-bond donors (Lipinski definition) is 1. The molecule has 4 rings (SSSR count). The van der Waals surface area contributed by atoms with Gasteiger partial charge in [-0.3, -0.25) is 14.6 Å². The van der Waals surface area contributed by atoms with Crippen molar-refractivity contribution >= 4 is 17.5 Å². The Morgan fingerprint density at radius 1 is 0.943 bits per heavy atom. The summed E-state index contributed by atoms with van der Waals surface area (Å²) in [5.41, 5.74) is 3.17. The predicted octanol–water partition coefficient (Wildman–Crippen LogP) is 4.99. The lowest BCUT2D eigenvalue weighted by Gasteiger charge is -2.32. The predicted molar refractivity (Wildman–Crippen MR) is 132 cm³/mol. The van der Waals surface area contributed by atoms with Crippen molar-refractivity contribution in [2.75, 3.05) is 11.9 Å². The van der Waals surface area contributed by atoms with E-state index in [4.69, 9.17) is 0 Å². The molecular formula is C28H25FN4O2. The summed E-state index contributed by atoms with van der Waals surface area (Å²) < 4.78 is 13.4. The molecule has 176 valence electrons. The van der Waals surface area contributed by atoms with Gasteiger partial charge in [0.1, 0.15) is 17.6 Å². The van der Waals surface area contributed by atoms with Crippen LogP contribution in [0.25, 0.3) is 0 Å². The fourth-order valence-corrected chi connectivity index (χ4v) is 3.89. The highest BCUT2D eigenvalue weighted by Gasteiger charge is 2.33. The number of amides is 2. The lowest BCUT2D eigenvalue weighted by molar-refractivity contribution is -0.120. The number of carbonyl (C=O) groups excluding carboxylic acids is 2. The number of aromatic nitrogens is 2. The molecule has 7 heteroatoms. The molecule has 4 aromatic rings. The molecule has 1 N–H and O–H groups in total. The molecule has 0 saturated carbocycles. The maximum Gasteiger partial charge on any atom is 0.275 e. The summed E-state index contributed by atoms with van der Waals surface area (Å²) >= 11 is 0. The zero-order valence-corrected chi connectivity index (χ0v) is 19.3. The molecule has 1 heterocycles. The van der Waals surface area contributed by atoms with E-state index in [1.807, 2.05) is 61.5 Å². The third-order valence-corrected chi connectivity index (χ3v) is 5.68. The van der Waals surface area contributed by atoms with E-state index in [1.165, 1.54) is 47.8 Å². The molecule has 3 aromatic carbocycles. The van der Waals surface area contributed by atoms with E-state index >= 15 is 0 Å². The number of hydrogen-bond acceptors (Lipinski definition) is 4. The molecule has 2 amide bonds. The number of halogens is 1. The van der Waals surface area contributed by atoms with Crippen molar-refractivity contribution in [3.63, 3.8) is 0 Å². The Morgan fingerprint density at radius 3 is 2.34 bits per heavy atom. The number of aryl methyl sites for hydroxylation is 1. The van der Waals surface area contributed by atoms with Crippen molar-refractivity contribution in [2.24, 2.45) is 0 Å². The van der Waals surface area contributed by atoms with Crippen LogP contribution in [-0.2, 0) is 11.2 Å². The normalized spacial score (nSPS) is 11.5. The van der Waals surface area contributed by atoms with Crippen LogP contribution in [0.15, 0.2) is 97.5 Å². The summed E-state index contributed by atoms with van der Waals surface area (Å²) in [6, 6.07) is 21.8. The van der Waals surface area contributed by atoms with Crippen molar-refractivity contribution in [3.8, 4) is 0 Å². The van der Waals surface area contributed by atoms with E-state index in [2.05, 4.69) is 15.3 Å². The van der Waals surface area contributed by atoms with Crippen LogP contribution in [-0.4, -0.2) is 33.2 Å². The highest BCUT2D eigenvalue weighted by molar-refractivity contribution is 6.01. The van der Waals surface area contributed by atoms with Crippen LogP contribution in [0.3, 0.4) is 0 Å². The first kappa shape index (κ1) is 23.8. The first-order valence-electron chi connectivity index (χ1n) is 11.3. The van der Waals surface area contributed by atoms with Crippen molar-refractivity contribution in [1.82, 2.24) is 14.9 Å². The van der Waals surface area contributed by atoms with Gasteiger partial charge in [-0.05, 0) is 54.3 Å². The van der Waals surface area contributed by atoms with Crippen LogP contribution < -0.4 is 5.32 Å². The Kier molecular flexibility index (Phi) is 7.57. The van der Waals surface area contributed by atoms with Crippen LogP contribution in [0, 0.1) is 12.7 Å². The number of anilines is 1. The summed E-state index contributed by atoms with van der Waals surface area (Å²) in [7, 11) is 0. The molecule has 6 nitrogen and oxygen atoms in total. The Morgan fingerprint density at radius 2 is 1.66 bits per heavy atom. The SMILES string of the molecule is Cc1ccccc1[C@@H](C(=O)Nc1ccc(F)cc1)N(CCc1ccccc1)C(=O)c1cnccn1. The highest BCUT2D eigenvalue weighted by atomic mass is 19.1. The number of nitrogens with one attached hydrogen (secondary N) is 1. The van der Waals surface area contributed by atoms with Crippen molar-refractivity contribution < 1.29 is 14.0 Å². The Balaban J connectivity index is 1.74. The van der Waals surface area contributed by atoms with Crippen LogP contribution in [0.4, 0.5) is 10.1 Å². The summed E-state index contributed by atoms with van der Waals surface area (Å²) in [4.78, 5) is 37.1. The largest absolute Gasteiger partial charge is 0.324 e. The van der Waals surface area contributed by atoms with E-state index in [-0.39, 0.29) is 12.2 Å². The van der Waals surface area contributed by atoms with Gasteiger partial charge in [0.15, 0.2) is 0 Å². The van der Waals surface area contributed by atoms with Gasteiger partial charge in [0.05, 0.1) is 6.20 Å². The van der Waals surface area contributed by atoms with Crippen molar-refractivity contribution in [1.29, 1.82) is 0 Å². The Bertz CT molecular complexity index is 1280. The monoisotopic (exact) mass is 468 g/mol. The summed E-state index contributed by atoms with van der Waals surface area (Å²) in [5.74, 6) is -1.21. The second-order valence-electron chi connectivity index (χ2n) is 8.08. The molecule has 0 spiro atoms. The average molecular weight is 469 g/mol. The zero-order valence-electron chi connectivity index (χ0n) is 19.3. The quantitative estimate of drug-likeness (QED) is 0.395. The molecule has 1 atom stereocenters. The Hall–Kier alpha value is -4.39. The molecule has 0 fully saturated rings. The van der Waals surface area contributed by atoms with Gasteiger partial charge in [-0.2, -0.15) is 0 Å². The number of benzene rings is 3. The minimum atomic E-state index is -0.945. The van der Waals surface area contributed by atoms with E-state index in [0.717, 1.165) is 11.1 Å². The van der Waals surface area contributed by atoms with Crippen LogP contribution >= 0.6 is 0 Å². The number of rotatable bonds is 8. The van der Waals surface area contributed by atoms with E-state index in [1.54, 1.807) is 0 Å². The topological polar surface area (TPSA) is 75.2 Å². The summed E-state index contributed by atoms with van der Waals surface area (Å²) in [5, 5.41) is 2.84. The second kappa shape index (κ2) is 11.2. The summed E-state index contributed by atoms with van der Waals surface area (Å²) in [6.07, 6.45) is 4.87. The van der Waals surface area contributed by atoms with Gasteiger partial charge in [-0.15, -0.1) is 0 Å². The van der Waals surface area contributed by atoms with Crippen molar-refractivity contribution in [3.05, 3.63) is 126 Å². The molecule has 0 aliphatic carbocycles. The molecule has 35 heavy (non-hydrogen) atoms. The van der Waals surface area contributed by atoms with Gasteiger partial charge in [0.2, 0.25) is 0 Å². The smallest absolute Gasteiger partial charge is 0.275 e. The Labute approximate surface area is 203 Å². The molecule has 0 aliphatic rings. The lowest BCUT2D eigenvalue weighted by atomic mass is 9.98. The average Bonchev–Trinajstić information content (AvgIpc) is 2.89. The highest BCUT2D eigenvalue weighted by Crippen LogP contribution is 2.28. The van der Waals surface area contributed by atoms with E-state index in [9.17, 15) is 14.0 Å². The molecule has 0 unspecified atom stereocenters. The molecule has 1 aromatic heterocycles. The van der Waals surface area contributed by atoms with Gasteiger partial charge in [0, 0.05) is 24.6 Å². The van der Waals surface area contributed by atoms with Gasteiger partial charge in [-0.1, -0.05) is 54.6 Å². The van der Waals surface area contributed by atoms with Crippen LogP contribution in [0.5, 0.6) is 0 Å². The van der Waals surface area contributed by atoms with Crippen LogP contribution in [0.1, 0.15) is 33.2 Å². The van der Waals surface area contributed by atoms with E-state index < -0.39 is 23.7 Å². The first-order valence-corrected chi connectivity index (χ1v) is 11.3. The van der Waals surface area contributed by atoms with Gasteiger partial charge in [-0.25, -0.2) is 9.37 Å². The minimum Gasteiger partial charge on any atom is -0.324 e. The summed E-state index contributed by atoms with van der Waals surface area (Å²) in [6.45, 7) is 2.17. The molecule has 0 aliphatic heterocycles. The van der Waals surface area contributed by atoms with Gasteiger partial charge >= 0.3 is 0 Å². The van der Waals surface area contributed by atoms with Gasteiger partial charge < -0.3 is 10.2 Å². The standard InChI is InChI=1S/C28H25FN4O2/c1-20-7-5-6-10-24(20)26(27(34)32-23-13-11-22(29)12-14-23)33(18-15-21-8-3-2-4-9-21)28(35)25-19-30-16-17-31-25/h2-14,16-17,19,26H,15,18H2,1H3,(H,32,34)/t26-/m0/s1. The molecule has 0 saturated heterocycles. The van der Waals surface area contributed by atoms with E-state index in [0.29, 0.717) is 17.7 Å². The third-order valence-electron chi connectivity index (χ3n) is 5.68. The molecular weight excluding hydrogens is 443 g/mol. The maximum atomic E-state index is 13.7. The molecule has 0 radical (unpaired) electrons. The number of nitrogens with zero attached hydrogens (tertiary/aromatic N) is 3. The molecule has 0 bridgehead atoms. The van der Waals surface area contributed by atoms with Crippen LogP contribution in [0.2, 0.25) is 0 Å². The fraction of sp³-hybridized carbons (Fsp3) is 0.143. The lowest BCUT2D eigenvalue weighted by Crippen LogP contribution is -2.43. The zero-order chi connectivity index (χ0) is 24.6. The first-order chi connectivity index (χ1) is 17.0. The van der Waals surface area contributed by atoms with Crippen molar-refractivity contribution in [2.45, 2.75) is 19.4 Å². The number of carbonyl (C=O) groups is 2. The van der Waals surface area contributed by atoms with Gasteiger partial charge in [0.25, 0.3) is 11.8 Å². The maximum absolute atomic E-state index is 13.7. The second-order valence-corrected chi connectivity index (χ2v) is 8.08. The third kappa shape index (κ3) is 5.95.